The number of furan rings is 1. The summed E-state index contributed by atoms with van der Waals surface area (Å²) < 4.78 is 7.52. The number of nitrogens with zero attached hydrogens (tertiary/aromatic N) is 6. The molecule has 0 saturated heterocycles. The Morgan fingerprint density at radius 3 is 2.59 bits per heavy atom. The Hall–Kier alpha value is -4.11. The molecule has 1 aromatic carbocycles. The van der Waals surface area contributed by atoms with Crippen LogP contribution in [-0.4, -0.2) is 35.1 Å². The Morgan fingerprint density at radius 2 is 1.89 bits per heavy atom. The van der Waals surface area contributed by atoms with E-state index in [1.165, 1.54) is 0 Å². The number of pyridine rings is 2. The van der Waals surface area contributed by atoms with Gasteiger partial charge in [0.15, 0.2) is 5.82 Å². The molecule has 190 valence electrons. The number of hydrogen-bond donors (Lipinski definition) is 1. The number of hydrogen-bond acceptors (Lipinski definition) is 7. The first-order valence-corrected chi connectivity index (χ1v) is 12.3. The second-order valence-electron chi connectivity index (χ2n) is 10.4. The number of fused-ring (bicyclic) bond motifs is 1. The Morgan fingerprint density at radius 1 is 1.08 bits per heavy atom. The van der Waals surface area contributed by atoms with Crippen molar-refractivity contribution in [1.82, 2.24) is 35.1 Å². The number of nitrogens with one attached hydrogen (secondary N) is 1. The normalized spacial score (nSPS) is 12.9. The largest absolute Gasteiger partial charge is 0.468 e. The zero-order chi connectivity index (χ0) is 26.2. The predicted octanol–water partition coefficient (Wildman–Crippen LogP) is 4.67. The van der Waals surface area contributed by atoms with Crippen molar-refractivity contribution in [2.75, 3.05) is 0 Å². The van der Waals surface area contributed by atoms with Gasteiger partial charge in [0.25, 0.3) is 5.56 Å². The second-order valence-corrected chi connectivity index (χ2v) is 10.4. The van der Waals surface area contributed by atoms with Gasteiger partial charge >= 0.3 is 0 Å². The molecule has 4 heterocycles. The molecule has 37 heavy (non-hydrogen) atoms. The summed E-state index contributed by atoms with van der Waals surface area (Å²) in [6, 6.07) is 13.2. The maximum absolute atomic E-state index is 13.7. The number of benzene rings is 1. The van der Waals surface area contributed by atoms with Crippen LogP contribution in [0.1, 0.15) is 60.7 Å². The minimum Gasteiger partial charge on any atom is -0.468 e. The Bertz CT molecular complexity index is 1560. The van der Waals surface area contributed by atoms with Crippen molar-refractivity contribution in [1.29, 1.82) is 0 Å². The number of aromatic amines is 1. The fraction of sp³-hybridized carbons (Fsp3) is 0.321. The van der Waals surface area contributed by atoms with Gasteiger partial charge in [-0.2, -0.15) is 0 Å². The van der Waals surface area contributed by atoms with Gasteiger partial charge in [-0.25, -0.2) is 4.68 Å². The summed E-state index contributed by atoms with van der Waals surface area (Å²) in [5.41, 5.74) is 4.06. The zero-order valence-electron chi connectivity index (χ0n) is 21.8. The van der Waals surface area contributed by atoms with E-state index in [1.54, 1.807) is 17.1 Å². The Kier molecular flexibility index (Phi) is 6.47. The van der Waals surface area contributed by atoms with Gasteiger partial charge < -0.3 is 9.40 Å². The van der Waals surface area contributed by atoms with Crippen LogP contribution >= 0.6 is 0 Å². The first-order valence-electron chi connectivity index (χ1n) is 12.3. The summed E-state index contributed by atoms with van der Waals surface area (Å²) in [5, 5.41) is 13.8. The smallest absolute Gasteiger partial charge is 0.253 e. The second kappa shape index (κ2) is 9.74. The SMILES string of the molecule is Cc1cc2cc([C@H](c3nnnn3C(C)(C)C)N(Cc3cccnc3)Cc3ccco3)c(=O)[nH]c2cc1C. The third-order valence-corrected chi connectivity index (χ3v) is 6.57. The van der Waals surface area contributed by atoms with Gasteiger partial charge in [0.05, 0.1) is 18.3 Å². The van der Waals surface area contributed by atoms with Crippen LogP contribution in [0.5, 0.6) is 0 Å². The minimum absolute atomic E-state index is 0.181. The molecule has 0 unspecified atom stereocenters. The lowest BCUT2D eigenvalue weighted by atomic mass is 9.99. The lowest BCUT2D eigenvalue weighted by Crippen LogP contribution is -2.37. The van der Waals surface area contributed by atoms with E-state index < -0.39 is 11.6 Å². The fourth-order valence-electron chi connectivity index (χ4n) is 4.61. The van der Waals surface area contributed by atoms with Crippen LogP contribution in [0.2, 0.25) is 0 Å². The molecule has 0 aliphatic rings. The summed E-state index contributed by atoms with van der Waals surface area (Å²) >= 11 is 0. The van der Waals surface area contributed by atoms with E-state index in [-0.39, 0.29) is 5.56 Å². The van der Waals surface area contributed by atoms with Crippen LogP contribution < -0.4 is 5.56 Å². The number of H-pyrrole nitrogens is 1. The average molecular weight is 498 g/mol. The van der Waals surface area contributed by atoms with E-state index in [9.17, 15) is 4.79 Å². The van der Waals surface area contributed by atoms with Crippen LogP contribution in [0, 0.1) is 13.8 Å². The molecule has 0 amide bonds. The highest BCUT2D eigenvalue weighted by atomic mass is 16.3. The lowest BCUT2D eigenvalue weighted by Gasteiger charge is -2.32. The highest BCUT2D eigenvalue weighted by Crippen LogP contribution is 2.32. The third-order valence-electron chi connectivity index (χ3n) is 6.57. The van der Waals surface area contributed by atoms with E-state index in [0.29, 0.717) is 24.5 Å². The molecule has 4 aromatic heterocycles. The number of rotatable bonds is 7. The molecule has 1 atom stereocenters. The van der Waals surface area contributed by atoms with Gasteiger partial charge in [-0.05, 0) is 104 Å². The van der Waals surface area contributed by atoms with Crippen LogP contribution in [0.4, 0.5) is 0 Å². The highest BCUT2D eigenvalue weighted by Gasteiger charge is 2.34. The van der Waals surface area contributed by atoms with Gasteiger partial charge in [-0.15, -0.1) is 5.10 Å². The number of tetrazole rings is 1. The van der Waals surface area contributed by atoms with Crippen molar-refractivity contribution in [2.45, 2.75) is 59.3 Å². The molecule has 0 spiro atoms. The number of aromatic nitrogens is 6. The highest BCUT2D eigenvalue weighted by molar-refractivity contribution is 5.81. The molecule has 0 aliphatic heterocycles. The molecule has 0 saturated carbocycles. The molecule has 1 N–H and O–H groups in total. The maximum atomic E-state index is 13.7. The summed E-state index contributed by atoms with van der Waals surface area (Å²) in [5.74, 6) is 1.35. The molecule has 9 nitrogen and oxygen atoms in total. The van der Waals surface area contributed by atoms with Crippen molar-refractivity contribution in [3.8, 4) is 0 Å². The average Bonchev–Trinajstić information content (AvgIpc) is 3.54. The van der Waals surface area contributed by atoms with E-state index in [2.05, 4.69) is 43.4 Å². The molecule has 0 bridgehead atoms. The first kappa shape index (κ1) is 24.6. The van der Waals surface area contributed by atoms with Crippen molar-refractivity contribution in [3.63, 3.8) is 0 Å². The summed E-state index contributed by atoms with van der Waals surface area (Å²) in [6.45, 7) is 11.2. The molecular formula is C28H31N7O2. The van der Waals surface area contributed by atoms with Gasteiger partial charge in [-0.1, -0.05) is 6.07 Å². The Labute approximate surface area is 215 Å². The maximum Gasteiger partial charge on any atom is 0.253 e. The van der Waals surface area contributed by atoms with Gasteiger partial charge in [0, 0.05) is 30.0 Å². The van der Waals surface area contributed by atoms with Crippen molar-refractivity contribution in [3.05, 3.63) is 105 Å². The molecule has 0 fully saturated rings. The monoisotopic (exact) mass is 497 g/mol. The quantitative estimate of drug-likeness (QED) is 0.348. The minimum atomic E-state index is -0.561. The van der Waals surface area contributed by atoms with E-state index >= 15 is 0 Å². The molecule has 0 radical (unpaired) electrons. The van der Waals surface area contributed by atoms with Crippen molar-refractivity contribution in [2.24, 2.45) is 0 Å². The molecule has 0 aliphatic carbocycles. The van der Waals surface area contributed by atoms with Crippen molar-refractivity contribution < 1.29 is 4.42 Å². The third kappa shape index (κ3) is 5.08. The van der Waals surface area contributed by atoms with Crippen LogP contribution in [0.15, 0.2) is 70.3 Å². The standard InChI is InChI=1S/C28H31N7O2/c1-18-12-21-14-23(27(36)30-24(21)13-19(18)2)25(26-31-32-33-35(26)28(3,4)5)34(17-22-9-7-11-37-22)16-20-8-6-10-29-15-20/h6-15,25H,16-17H2,1-5H3,(H,30,36)/t25-/m1/s1. The van der Waals surface area contributed by atoms with E-state index in [1.807, 2.05) is 70.3 Å². The van der Waals surface area contributed by atoms with Crippen LogP contribution in [-0.2, 0) is 18.6 Å². The van der Waals surface area contributed by atoms with Gasteiger partial charge in [0.2, 0.25) is 0 Å². The molecular weight excluding hydrogens is 466 g/mol. The first-order chi connectivity index (χ1) is 17.7. The Balaban J connectivity index is 1.74. The van der Waals surface area contributed by atoms with Crippen LogP contribution in [0.25, 0.3) is 10.9 Å². The number of aryl methyl sites for hydroxylation is 2. The topological polar surface area (TPSA) is 106 Å². The lowest BCUT2D eigenvalue weighted by molar-refractivity contribution is 0.171. The van der Waals surface area contributed by atoms with E-state index in [0.717, 1.165) is 33.4 Å². The molecule has 5 aromatic rings. The zero-order valence-corrected chi connectivity index (χ0v) is 21.8. The van der Waals surface area contributed by atoms with Gasteiger partial charge in [0.1, 0.15) is 11.8 Å². The predicted molar refractivity (Wildman–Crippen MR) is 141 cm³/mol. The summed E-state index contributed by atoms with van der Waals surface area (Å²) in [6.07, 6.45) is 5.23. The fourth-order valence-corrected chi connectivity index (χ4v) is 4.61. The van der Waals surface area contributed by atoms with Crippen molar-refractivity contribution >= 4 is 10.9 Å². The molecule has 5 rings (SSSR count). The van der Waals surface area contributed by atoms with Gasteiger partial charge in [-0.3, -0.25) is 14.7 Å². The summed E-state index contributed by atoms with van der Waals surface area (Å²) in [4.78, 5) is 23.3. The van der Waals surface area contributed by atoms with E-state index in [4.69, 9.17) is 4.42 Å². The summed E-state index contributed by atoms with van der Waals surface area (Å²) in [7, 11) is 0. The van der Waals surface area contributed by atoms with Crippen LogP contribution in [0.3, 0.4) is 0 Å². The molecule has 9 heteroatoms.